The molecule has 128 valence electrons. The number of aliphatic hydroxyl groups excluding tert-OH is 1. The third kappa shape index (κ3) is 4.19. The Hall–Kier alpha value is -1.79. The molecule has 1 amide bonds. The van der Waals surface area contributed by atoms with E-state index in [0.29, 0.717) is 18.1 Å². The van der Waals surface area contributed by atoms with E-state index in [2.05, 4.69) is 23.3 Å². The number of carbonyl (C=O) groups is 1. The molecule has 3 rings (SSSR count). The maximum absolute atomic E-state index is 12.2. The monoisotopic (exact) mass is 345 g/mol. The number of nitrogens with one attached hydrogen (secondary N) is 1. The van der Waals surface area contributed by atoms with Crippen molar-refractivity contribution in [3.8, 4) is 5.69 Å². The van der Waals surface area contributed by atoms with Crippen molar-refractivity contribution in [2.75, 3.05) is 12.4 Å². The molecule has 0 aliphatic heterocycles. The standard InChI is InChI=1S/C18H23N3O2S/c1-13-4-2-3-5-16(13)21-10-9-19-18(21)24-12-17(23)20-15(8-11-22)14-6-7-14/h2-5,9-10,14-15,22H,6-8,11-12H2,1H3,(H,20,23). The SMILES string of the molecule is Cc1ccccc1-n1ccnc1SCC(=O)NC(CCO)C1CC1. The van der Waals surface area contributed by atoms with Crippen LogP contribution in [0.1, 0.15) is 24.8 Å². The summed E-state index contributed by atoms with van der Waals surface area (Å²) in [5.74, 6) is 0.877. The van der Waals surface area contributed by atoms with Gasteiger partial charge in [0.1, 0.15) is 0 Å². The number of aromatic nitrogens is 2. The predicted octanol–water partition coefficient (Wildman–Crippen LogP) is 2.55. The summed E-state index contributed by atoms with van der Waals surface area (Å²) in [7, 11) is 0. The van der Waals surface area contributed by atoms with Crippen LogP contribution in [0.3, 0.4) is 0 Å². The summed E-state index contributed by atoms with van der Waals surface area (Å²) >= 11 is 1.43. The first-order chi connectivity index (χ1) is 11.7. The van der Waals surface area contributed by atoms with Gasteiger partial charge in [-0.05, 0) is 43.7 Å². The van der Waals surface area contributed by atoms with Gasteiger partial charge in [0, 0.05) is 25.0 Å². The van der Waals surface area contributed by atoms with Gasteiger partial charge in [0.15, 0.2) is 5.16 Å². The molecular weight excluding hydrogens is 322 g/mol. The van der Waals surface area contributed by atoms with Crippen LogP contribution in [0, 0.1) is 12.8 Å². The second kappa shape index (κ2) is 7.85. The molecule has 1 unspecified atom stereocenters. The number of carbonyl (C=O) groups excluding carboxylic acids is 1. The number of nitrogens with zero attached hydrogens (tertiary/aromatic N) is 2. The Bertz CT molecular complexity index is 697. The number of aryl methyl sites for hydroxylation is 1. The van der Waals surface area contributed by atoms with Crippen LogP contribution in [-0.4, -0.2) is 39.0 Å². The molecule has 0 saturated heterocycles. The van der Waals surface area contributed by atoms with E-state index in [1.165, 1.54) is 17.3 Å². The minimum absolute atomic E-state index is 0.00434. The Morgan fingerprint density at radius 2 is 2.25 bits per heavy atom. The molecule has 1 aliphatic rings. The third-order valence-corrected chi connectivity index (χ3v) is 5.26. The normalized spacial score (nSPS) is 15.2. The fourth-order valence-electron chi connectivity index (χ4n) is 2.86. The number of amides is 1. The number of benzene rings is 1. The summed E-state index contributed by atoms with van der Waals surface area (Å²) in [6, 6.07) is 8.23. The lowest BCUT2D eigenvalue weighted by Gasteiger charge is -2.17. The molecule has 2 aromatic rings. The number of rotatable bonds is 8. The summed E-state index contributed by atoms with van der Waals surface area (Å²) in [5.41, 5.74) is 2.24. The molecular formula is C18H23N3O2S. The molecule has 2 N–H and O–H groups in total. The number of para-hydroxylation sites is 1. The number of imidazole rings is 1. The van der Waals surface area contributed by atoms with Crippen molar-refractivity contribution in [3.05, 3.63) is 42.2 Å². The van der Waals surface area contributed by atoms with Gasteiger partial charge in [0.25, 0.3) is 0 Å². The van der Waals surface area contributed by atoms with E-state index in [-0.39, 0.29) is 18.6 Å². The molecule has 1 aliphatic carbocycles. The van der Waals surface area contributed by atoms with Gasteiger partial charge in [-0.3, -0.25) is 9.36 Å². The van der Waals surface area contributed by atoms with Crippen molar-refractivity contribution in [1.29, 1.82) is 0 Å². The highest BCUT2D eigenvalue weighted by atomic mass is 32.2. The molecule has 24 heavy (non-hydrogen) atoms. The van der Waals surface area contributed by atoms with E-state index < -0.39 is 0 Å². The lowest BCUT2D eigenvalue weighted by Crippen LogP contribution is -2.38. The minimum Gasteiger partial charge on any atom is -0.396 e. The van der Waals surface area contributed by atoms with Crippen molar-refractivity contribution in [2.45, 2.75) is 37.4 Å². The first-order valence-electron chi connectivity index (χ1n) is 8.31. The van der Waals surface area contributed by atoms with Crippen LogP contribution < -0.4 is 5.32 Å². The lowest BCUT2D eigenvalue weighted by molar-refractivity contribution is -0.119. The van der Waals surface area contributed by atoms with E-state index in [1.807, 2.05) is 29.0 Å². The fourth-order valence-corrected chi connectivity index (χ4v) is 3.63. The van der Waals surface area contributed by atoms with Gasteiger partial charge in [0.2, 0.25) is 5.91 Å². The van der Waals surface area contributed by atoms with Crippen LogP contribution in [0.4, 0.5) is 0 Å². The lowest BCUT2D eigenvalue weighted by atomic mass is 10.1. The van der Waals surface area contributed by atoms with E-state index in [9.17, 15) is 4.79 Å². The molecule has 5 nitrogen and oxygen atoms in total. The average Bonchev–Trinajstić information content (AvgIpc) is 3.32. The number of thioether (sulfide) groups is 1. The second-order valence-electron chi connectivity index (χ2n) is 6.18. The maximum atomic E-state index is 12.2. The maximum Gasteiger partial charge on any atom is 0.230 e. The summed E-state index contributed by atoms with van der Waals surface area (Å²) in [4.78, 5) is 16.6. The fraction of sp³-hybridized carbons (Fsp3) is 0.444. The van der Waals surface area contributed by atoms with Gasteiger partial charge in [-0.15, -0.1) is 0 Å². The average molecular weight is 345 g/mol. The first kappa shape index (κ1) is 17.0. The molecule has 0 spiro atoms. The molecule has 1 atom stereocenters. The van der Waals surface area contributed by atoms with Crippen molar-refractivity contribution in [3.63, 3.8) is 0 Å². The Balaban J connectivity index is 1.60. The Labute approximate surface area is 146 Å². The van der Waals surface area contributed by atoms with E-state index in [0.717, 1.165) is 23.7 Å². The molecule has 1 fully saturated rings. The largest absolute Gasteiger partial charge is 0.396 e. The van der Waals surface area contributed by atoms with Crippen LogP contribution in [0.5, 0.6) is 0 Å². The number of hydrogen-bond donors (Lipinski definition) is 2. The Morgan fingerprint density at radius 3 is 2.96 bits per heavy atom. The smallest absolute Gasteiger partial charge is 0.230 e. The van der Waals surface area contributed by atoms with Gasteiger partial charge >= 0.3 is 0 Å². The van der Waals surface area contributed by atoms with Crippen molar-refractivity contribution < 1.29 is 9.90 Å². The molecule has 1 saturated carbocycles. The molecule has 1 aromatic heterocycles. The molecule has 0 bridgehead atoms. The second-order valence-corrected chi connectivity index (χ2v) is 7.12. The Kier molecular flexibility index (Phi) is 5.58. The van der Waals surface area contributed by atoms with Crippen LogP contribution in [0.2, 0.25) is 0 Å². The first-order valence-corrected chi connectivity index (χ1v) is 9.30. The van der Waals surface area contributed by atoms with E-state index in [1.54, 1.807) is 6.20 Å². The highest BCUT2D eigenvalue weighted by Crippen LogP contribution is 2.34. The zero-order valence-corrected chi connectivity index (χ0v) is 14.6. The molecule has 0 radical (unpaired) electrons. The van der Waals surface area contributed by atoms with Crippen LogP contribution in [-0.2, 0) is 4.79 Å². The quantitative estimate of drug-likeness (QED) is 0.722. The summed E-state index contributed by atoms with van der Waals surface area (Å²) in [6.07, 6.45) is 6.61. The minimum atomic E-state index is 0.00434. The summed E-state index contributed by atoms with van der Waals surface area (Å²) in [6.45, 7) is 2.18. The summed E-state index contributed by atoms with van der Waals surface area (Å²) < 4.78 is 2.01. The van der Waals surface area contributed by atoms with Crippen molar-refractivity contribution in [1.82, 2.24) is 14.9 Å². The number of hydrogen-bond acceptors (Lipinski definition) is 4. The molecule has 1 heterocycles. The van der Waals surface area contributed by atoms with Gasteiger partial charge < -0.3 is 10.4 Å². The van der Waals surface area contributed by atoms with Gasteiger partial charge in [0.05, 0.1) is 11.4 Å². The molecule has 1 aromatic carbocycles. The van der Waals surface area contributed by atoms with Crippen LogP contribution in [0.15, 0.2) is 41.8 Å². The van der Waals surface area contributed by atoms with E-state index in [4.69, 9.17) is 5.11 Å². The van der Waals surface area contributed by atoms with Crippen molar-refractivity contribution in [2.24, 2.45) is 5.92 Å². The van der Waals surface area contributed by atoms with Gasteiger partial charge in [-0.25, -0.2) is 4.98 Å². The van der Waals surface area contributed by atoms with Crippen molar-refractivity contribution >= 4 is 17.7 Å². The topological polar surface area (TPSA) is 67.2 Å². The Morgan fingerprint density at radius 1 is 1.46 bits per heavy atom. The van der Waals surface area contributed by atoms with E-state index >= 15 is 0 Å². The highest BCUT2D eigenvalue weighted by Gasteiger charge is 2.31. The zero-order chi connectivity index (χ0) is 16.9. The number of aliphatic hydroxyl groups is 1. The van der Waals surface area contributed by atoms with Gasteiger partial charge in [-0.1, -0.05) is 30.0 Å². The summed E-state index contributed by atoms with van der Waals surface area (Å²) in [5, 5.41) is 13.0. The zero-order valence-electron chi connectivity index (χ0n) is 13.8. The molecule has 6 heteroatoms. The van der Waals surface area contributed by atoms with Crippen LogP contribution >= 0.6 is 11.8 Å². The predicted molar refractivity (Wildman–Crippen MR) is 95.4 cm³/mol. The third-order valence-electron chi connectivity index (χ3n) is 4.29. The highest BCUT2D eigenvalue weighted by molar-refractivity contribution is 7.99. The van der Waals surface area contributed by atoms with Gasteiger partial charge in [-0.2, -0.15) is 0 Å². The van der Waals surface area contributed by atoms with Crippen LogP contribution in [0.25, 0.3) is 5.69 Å².